The van der Waals surface area contributed by atoms with Gasteiger partial charge >= 0.3 is 0 Å². The number of rotatable bonds is 4. The van der Waals surface area contributed by atoms with Crippen molar-refractivity contribution in [2.75, 3.05) is 26.2 Å². The summed E-state index contributed by atoms with van der Waals surface area (Å²) in [5.74, 6) is 1.31. The van der Waals surface area contributed by atoms with Crippen LogP contribution in [0.2, 0.25) is 0 Å². The molecule has 3 aliphatic heterocycles. The molecule has 1 saturated carbocycles. The summed E-state index contributed by atoms with van der Waals surface area (Å²) in [4.78, 5) is 17.3. The van der Waals surface area contributed by atoms with Crippen LogP contribution in [-0.4, -0.2) is 47.9 Å². The van der Waals surface area contributed by atoms with E-state index in [2.05, 4.69) is 4.90 Å². The van der Waals surface area contributed by atoms with Gasteiger partial charge in [-0.2, -0.15) is 0 Å². The first kappa shape index (κ1) is 15.1. The van der Waals surface area contributed by atoms with Gasteiger partial charge in [-0.3, -0.25) is 9.69 Å². The van der Waals surface area contributed by atoms with Crippen LogP contribution in [0.5, 0.6) is 0 Å². The normalized spacial score (nSPS) is 28.0. The van der Waals surface area contributed by atoms with Gasteiger partial charge in [0.2, 0.25) is 5.91 Å². The van der Waals surface area contributed by atoms with Crippen LogP contribution in [0, 0.1) is 17.7 Å². The zero-order valence-corrected chi connectivity index (χ0v) is 13.6. The molecule has 5 rings (SSSR count). The molecule has 4 heteroatoms. The van der Waals surface area contributed by atoms with Crippen molar-refractivity contribution >= 4 is 5.91 Å². The first-order chi connectivity index (χ1) is 11.2. The number of amides is 1. The number of piperidine rings is 1. The molecule has 0 aromatic heterocycles. The van der Waals surface area contributed by atoms with Crippen LogP contribution in [-0.2, 0) is 11.2 Å². The number of benzene rings is 1. The topological polar surface area (TPSA) is 23.6 Å². The average Bonchev–Trinajstić information content (AvgIpc) is 3.37. The summed E-state index contributed by atoms with van der Waals surface area (Å²) in [5, 5.41) is 0. The van der Waals surface area contributed by atoms with E-state index in [1.165, 1.54) is 38.3 Å². The molecule has 1 amide bonds. The highest BCUT2D eigenvalue weighted by atomic mass is 19.1. The molecule has 2 atom stereocenters. The number of halogens is 1. The maximum absolute atomic E-state index is 13.8. The largest absolute Gasteiger partial charge is 0.341 e. The fraction of sp³-hybridized carbons (Fsp3) is 0.632. The average molecular weight is 316 g/mol. The minimum Gasteiger partial charge on any atom is -0.341 e. The van der Waals surface area contributed by atoms with Crippen molar-refractivity contribution in [2.45, 2.75) is 38.1 Å². The molecular weight excluding hydrogens is 291 g/mol. The SMILES string of the molecule is O=C(Cc1ccccc1F)N1C[C@H]2CC[C@@H](C1)N(CC1CC1)C2. The number of carbonyl (C=O) groups excluding carboxylic acids is 1. The van der Waals surface area contributed by atoms with Crippen LogP contribution in [0.25, 0.3) is 0 Å². The molecule has 0 spiro atoms. The monoisotopic (exact) mass is 316 g/mol. The summed E-state index contributed by atoms with van der Waals surface area (Å²) < 4.78 is 13.8. The smallest absolute Gasteiger partial charge is 0.227 e. The van der Waals surface area contributed by atoms with E-state index in [9.17, 15) is 9.18 Å². The number of fused-ring (bicyclic) bond motifs is 4. The Labute approximate surface area is 137 Å². The van der Waals surface area contributed by atoms with Crippen LogP contribution in [0.4, 0.5) is 4.39 Å². The van der Waals surface area contributed by atoms with E-state index in [-0.39, 0.29) is 18.1 Å². The van der Waals surface area contributed by atoms with Crippen LogP contribution in [0.15, 0.2) is 24.3 Å². The Morgan fingerprint density at radius 3 is 2.70 bits per heavy atom. The maximum Gasteiger partial charge on any atom is 0.227 e. The Morgan fingerprint density at radius 1 is 1.09 bits per heavy atom. The molecule has 4 fully saturated rings. The van der Waals surface area contributed by atoms with Gasteiger partial charge in [0, 0.05) is 32.2 Å². The highest BCUT2D eigenvalue weighted by molar-refractivity contribution is 5.79. The molecule has 0 radical (unpaired) electrons. The van der Waals surface area contributed by atoms with Crippen LogP contribution in [0.1, 0.15) is 31.2 Å². The summed E-state index contributed by atoms with van der Waals surface area (Å²) >= 11 is 0. The second-order valence-corrected chi connectivity index (χ2v) is 7.56. The Balaban J connectivity index is 1.43. The number of hydrogen-bond acceptors (Lipinski definition) is 2. The molecule has 23 heavy (non-hydrogen) atoms. The summed E-state index contributed by atoms with van der Waals surface area (Å²) in [6, 6.07) is 7.14. The van der Waals surface area contributed by atoms with Gasteiger partial charge in [0.05, 0.1) is 6.42 Å². The Morgan fingerprint density at radius 2 is 1.91 bits per heavy atom. The lowest BCUT2D eigenvalue weighted by Crippen LogP contribution is -2.45. The van der Waals surface area contributed by atoms with Crippen molar-refractivity contribution in [3.05, 3.63) is 35.6 Å². The predicted octanol–water partition coefficient (Wildman–Crippen LogP) is 2.70. The maximum atomic E-state index is 13.8. The van der Waals surface area contributed by atoms with Gasteiger partial charge in [-0.25, -0.2) is 4.39 Å². The first-order valence-corrected chi connectivity index (χ1v) is 8.94. The number of carbonyl (C=O) groups is 1. The van der Waals surface area contributed by atoms with E-state index in [4.69, 9.17) is 0 Å². The van der Waals surface area contributed by atoms with Crippen LogP contribution >= 0.6 is 0 Å². The van der Waals surface area contributed by atoms with E-state index in [0.29, 0.717) is 17.5 Å². The third kappa shape index (κ3) is 3.42. The quantitative estimate of drug-likeness (QED) is 0.853. The molecule has 1 aromatic carbocycles. The fourth-order valence-corrected chi connectivity index (χ4v) is 4.15. The van der Waals surface area contributed by atoms with Crippen molar-refractivity contribution in [1.29, 1.82) is 0 Å². The highest BCUT2D eigenvalue weighted by Crippen LogP contribution is 2.34. The Kier molecular flexibility index (Phi) is 4.10. The minimum absolute atomic E-state index is 0.0836. The van der Waals surface area contributed by atoms with E-state index in [1.54, 1.807) is 18.2 Å². The lowest BCUT2D eigenvalue weighted by molar-refractivity contribution is -0.130. The molecule has 3 heterocycles. The van der Waals surface area contributed by atoms with Gasteiger partial charge in [-0.1, -0.05) is 18.2 Å². The zero-order chi connectivity index (χ0) is 15.8. The molecule has 1 aliphatic carbocycles. The minimum atomic E-state index is -0.269. The van der Waals surface area contributed by atoms with Crippen molar-refractivity contribution in [1.82, 2.24) is 9.80 Å². The van der Waals surface area contributed by atoms with Gasteiger partial charge in [0.25, 0.3) is 0 Å². The molecule has 3 saturated heterocycles. The van der Waals surface area contributed by atoms with Crippen LogP contribution < -0.4 is 0 Å². The first-order valence-electron chi connectivity index (χ1n) is 8.94. The molecule has 2 bridgehead atoms. The van der Waals surface area contributed by atoms with Crippen molar-refractivity contribution in [2.24, 2.45) is 11.8 Å². The van der Waals surface area contributed by atoms with Gasteiger partial charge in [0.1, 0.15) is 5.82 Å². The molecular formula is C19H25FN2O. The summed E-state index contributed by atoms with van der Waals surface area (Å²) in [6.45, 7) is 4.04. The second kappa shape index (κ2) is 6.23. The second-order valence-electron chi connectivity index (χ2n) is 7.56. The predicted molar refractivity (Wildman–Crippen MR) is 87.5 cm³/mol. The third-order valence-corrected chi connectivity index (χ3v) is 5.67. The lowest BCUT2D eigenvalue weighted by atomic mass is 9.95. The molecule has 124 valence electrons. The molecule has 0 N–H and O–H groups in total. The summed E-state index contributed by atoms with van der Waals surface area (Å²) in [5.41, 5.74) is 0.518. The number of nitrogens with zero attached hydrogens (tertiary/aromatic N) is 2. The van der Waals surface area contributed by atoms with Gasteiger partial charge in [0.15, 0.2) is 0 Å². The van der Waals surface area contributed by atoms with Crippen molar-refractivity contribution < 1.29 is 9.18 Å². The standard InChI is InChI=1S/C19H25FN2O/c20-18-4-2-1-3-16(18)9-19(23)22-12-15-7-8-17(13-22)21(11-15)10-14-5-6-14/h1-4,14-15,17H,5-13H2/t15-,17-/m0/s1. The zero-order valence-electron chi connectivity index (χ0n) is 13.6. The summed E-state index contributed by atoms with van der Waals surface area (Å²) in [7, 11) is 0. The van der Waals surface area contributed by atoms with E-state index in [1.807, 2.05) is 4.90 Å². The van der Waals surface area contributed by atoms with Crippen LogP contribution in [0.3, 0.4) is 0 Å². The highest BCUT2D eigenvalue weighted by Gasteiger charge is 2.38. The fourth-order valence-electron chi connectivity index (χ4n) is 4.15. The van der Waals surface area contributed by atoms with E-state index < -0.39 is 0 Å². The molecule has 3 nitrogen and oxygen atoms in total. The Hall–Kier alpha value is -1.42. The molecule has 1 aromatic rings. The van der Waals surface area contributed by atoms with Gasteiger partial charge < -0.3 is 4.90 Å². The van der Waals surface area contributed by atoms with Gasteiger partial charge in [-0.05, 0) is 49.1 Å². The third-order valence-electron chi connectivity index (χ3n) is 5.67. The lowest BCUT2D eigenvalue weighted by Gasteiger charge is -2.36. The Bertz CT molecular complexity index is 586. The van der Waals surface area contributed by atoms with Crippen molar-refractivity contribution in [3.63, 3.8) is 0 Å². The van der Waals surface area contributed by atoms with Crippen molar-refractivity contribution in [3.8, 4) is 0 Å². The van der Waals surface area contributed by atoms with E-state index in [0.717, 1.165) is 25.6 Å². The number of hydrogen-bond donors (Lipinski definition) is 0. The molecule has 4 aliphatic rings. The molecule has 0 unspecified atom stereocenters. The van der Waals surface area contributed by atoms with E-state index >= 15 is 0 Å². The summed E-state index contributed by atoms with van der Waals surface area (Å²) in [6.07, 6.45) is 5.39. The van der Waals surface area contributed by atoms with Gasteiger partial charge in [-0.15, -0.1) is 0 Å².